The van der Waals surface area contributed by atoms with Gasteiger partial charge < -0.3 is 5.32 Å². The number of carbonyl (C=O) groups excluding carboxylic acids is 1. The van der Waals surface area contributed by atoms with Crippen LogP contribution in [0, 0.1) is 11.3 Å². The number of nitriles is 1. The van der Waals surface area contributed by atoms with Crippen LogP contribution in [0.4, 0.5) is 0 Å². The van der Waals surface area contributed by atoms with Crippen LogP contribution in [0.2, 0.25) is 0 Å². The molecule has 0 saturated heterocycles. The van der Waals surface area contributed by atoms with Crippen LogP contribution >= 0.6 is 0 Å². The van der Waals surface area contributed by atoms with Gasteiger partial charge in [-0.3, -0.25) is 4.79 Å². The predicted molar refractivity (Wildman–Crippen MR) is 59.5 cm³/mol. The third-order valence-electron chi connectivity index (χ3n) is 2.18. The molecule has 0 unspecified atom stereocenters. The number of nitrogens with one attached hydrogen (secondary N) is 1. The number of nitrogens with zero attached hydrogens (tertiary/aromatic N) is 4. The van der Waals surface area contributed by atoms with Crippen LogP contribution in [0.15, 0.2) is 30.6 Å². The second-order valence-electron chi connectivity index (χ2n) is 3.24. The number of aromatic nitrogens is 3. The summed E-state index contributed by atoms with van der Waals surface area (Å²) >= 11 is 0. The molecule has 84 valence electrons. The van der Waals surface area contributed by atoms with Crippen molar-refractivity contribution in [3.05, 3.63) is 42.0 Å². The molecule has 17 heavy (non-hydrogen) atoms. The maximum absolute atomic E-state index is 11.3. The quantitative estimate of drug-likeness (QED) is 0.809. The summed E-state index contributed by atoms with van der Waals surface area (Å²) in [5.41, 5.74) is 1.36. The highest BCUT2D eigenvalue weighted by atomic mass is 16.1. The van der Waals surface area contributed by atoms with Gasteiger partial charge in [0.1, 0.15) is 11.8 Å². The van der Waals surface area contributed by atoms with Gasteiger partial charge in [-0.2, -0.15) is 10.4 Å². The maximum Gasteiger partial charge on any atom is 0.271 e. The first kappa shape index (κ1) is 10.8. The van der Waals surface area contributed by atoms with Gasteiger partial charge in [0, 0.05) is 13.2 Å². The first-order valence-electron chi connectivity index (χ1n) is 4.89. The molecule has 0 aliphatic rings. The van der Waals surface area contributed by atoms with Crippen molar-refractivity contribution < 1.29 is 4.79 Å². The van der Waals surface area contributed by atoms with Crippen LogP contribution in [0.1, 0.15) is 16.2 Å². The topological polar surface area (TPSA) is 83.6 Å². The minimum absolute atomic E-state index is 0.245. The number of amides is 1. The van der Waals surface area contributed by atoms with Gasteiger partial charge in [0.2, 0.25) is 0 Å². The number of hydrogen-bond acceptors (Lipinski definition) is 4. The smallest absolute Gasteiger partial charge is 0.271 e. The fourth-order valence-corrected chi connectivity index (χ4v) is 1.30. The highest BCUT2D eigenvalue weighted by Crippen LogP contribution is 2.06. The Labute approximate surface area is 97.5 Å². The van der Waals surface area contributed by atoms with Gasteiger partial charge in [-0.25, -0.2) is 9.67 Å². The zero-order chi connectivity index (χ0) is 12.3. The van der Waals surface area contributed by atoms with Crippen LogP contribution < -0.4 is 5.32 Å². The Morgan fingerprint density at radius 2 is 2.29 bits per heavy atom. The lowest BCUT2D eigenvalue weighted by Crippen LogP contribution is -2.18. The highest BCUT2D eigenvalue weighted by Gasteiger charge is 2.07. The molecule has 1 amide bonds. The van der Waals surface area contributed by atoms with Crippen LogP contribution in [-0.2, 0) is 0 Å². The summed E-state index contributed by atoms with van der Waals surface area (Å²) in [6.07, 6.45) is 3.19. The van der Waals surface area contributed by atoms with E-state index in [0.717, 1.165) is 0 Å². The average Bonchev–Trinajstić information content (AvgIpc) is 2.87. The zero-order valence-electron chi connectivity index (χ0n) is 9.08. The van der Waals surface area contributed by atoms with E-state index in [1.165, 1.54) is 10.9 Å². The molecule has 0 bridgehead atoms. The Morgan fingerprint density at radius 3 is 2.88 bits per heavy atom. The zero-order valence-corrected chi connectivity index (χ0v) is 9.08. The summed E-state index contributed by atoms with van der Waals surface area (Å²) in [7, 11) is 1.55. The second-order valence-corrected chi connectivity index (χ2v) is 3.24. The molecule has 1 N–H and O–H groups in total. The molecular formula is C11H9N5O. The summed E-state index contributed by atoms with van der Waals surface area (Å²) in [4.78, 5) is 15.2. The van der Waals surface area contributed by atoms with E-state index in [1.54, 1.807) is 31.4 Å². The molecule has 2 aromatic heterocycles. The van der Waals surface area contributed by atoms with Crippen LogP contribution in [-0.4, -0.2) is 27.7 Å². The summed E-state index contributed by atoms with van der Waals surface area (Å²) in [5, 5.41) is 15.2. The van der Waals surface area contributed by atoms with Gasteiger partial charge >= 0.3 is 0 Å². The van der Waals surface area contributed by atoms with E-state index >= 15 is 0 Å². The number of hydrogen-bond donors (Lipinski definition) is 1. The number of carbonyl (C=O) groups is 1. The first-order chi connectivity index (χ1) is 8.24. The van der Waals surface area contributed by atoms with Crippen molar-refractivity contribution in [3.8, 4) is 11.8 Å². The SMILES string of the molecule is CNC(=O)c1ccn(-c2ccc(C#N)nc2)n1. The van der Waals surface area contributed by atoms with Gasteiger partial charge in [0.15, 0.2) is 5.69 Å². The predicted octanol–water partition coefficient (Wildman–Crippen LogP) is 0.499. The van der Waals surface area contributed by atoms with Gasteiger partial charge in [-0.15, -0.1) is 0 Å². The van der Waals surface area contributed by atoms with Gasteiger partial charge in [0.05, 0.1) is 11.9 Å². The number of pyridine rings is 1. The second kappa shape index (κ2) is 4.45. The Kier molecular flexibility index (Phi) is 2.83. The lowest BCUT2D eigenvalue weighted by atomic mass is 10.3. The highest BCUT2D eigenvalue weighted by molar-refractivity contribution is 5.91. The molecule has 0 aromatic carbocycles. The monoisotopic (exact) mass is 227 g/mol. The van der Waals surface area contributed by atoms with Gasteiger partial charge in [-0.1, -0.05) is 0 Å². The molecule has 0 spiro atoms. The standard InChI is InChI=1S/C11H9N5O/c1-13-11(17)10-4-5-16(15-10)9-3-2-8(6-12)14-7-9/h2-5,7H,1H3,(H,13,17). The van der Waals surface area contributed by atoms with Gasteiger partial charge in [-0.05, 0) is 18.2 Å². The minimum atomic E-state index is -0.245. The molecule has 2 heterocycles. The van der Waals surface area contributed by atoms with Crippen molar-refractivity contribution in [3.63, 3.8) is 0 Å². The Morgan fingerprint density at radius 1 is 1.47 bits per heavy atom. The van der Waals surface area contributed by atoms with Crippen molar-refractivity contribution in [2.45, 2.75) is 0 Å². The van der Waals surface area contributed by atoms with Crippen molar-refractivity contribution in [1.82, 2.24) is 20.1 Å². The molecular weight excluding hydrogens is 218 g/mol. The van der Waals surface area contributed by atoms with Crippen molar-refractivity contribution in [2.24, 2.45) is 0 Å². The molecule has 2 aromatic rings. The van der Waals surface area contributed by atoms with E-state index in [9.17, 15) is 4.79 Å². The Hall–Kier alpha value is -2.68. The molecule has 0 fully saturated rings. The summed E-state index contributed by atoms with van der Waals surface area (Å²) in [5.74, 6) is -0.245. The maximum atomic E-state index is 11.3. The molecule has 0 atom stereocenters. The van der Waals surface area contributed by atoms with E-state index < -0.39 is 0 Å². The van der Waals surface area contributed by atoms with Crippen LogP contribution in [0.25, 0.3) is 5.69 Å². The fourth-order valence-electron chi connectivity index (χ4n) is 1.30. The van der Waals surface area contributed by atoms with Crippen molar-refractivity contribution in [2.75, 3.05) is 7.05 Å². The lowest BCUT2D eigenvalue weighted by molar-refractivity contribution is 0.0957. The molecule has 2 rings (SSSR count). The molecule has 6 heteroatoms. The van der Waals surface area contributed by atoms with Crippen LogP contribution in [0.5, 0.6) is 0 Å². The van der Waals surface area contributed by atoms with Crippen molar-refractivity contribution in [1.29, 1.82) is 5.26 Å². The van der Waals surface area contributed by atoms with E-state index in [2.05, 4.69) is 15.4 Å². The molecule has 0 aliphatic carbocycles. The largest absolute Gasteiger partial charge is 0.354 e. The molecule has 0 saturated carbocycles. The third-order valence-corrected chi connectivity index (χ3v) is 2.18. The van der Waals surface area contributed by atoms with E-state index in [0.29, 0.717) is 17.1 Å². The fraction of sp³-hybridized carbons (Fsp3) is 0.0909. The Balaban J connectivity index is 2.31. The van der Waals surface area contributed by atoms with E-state index in [4.69, 9.17) is 5.26 Å². The molecule has 6 nitrogen and oxygen atoms in total. The van der Waals surface area contributed by atoms with Crippen molar-refractivity contribution >= 4 is 5.91 Å². The van der Waals surface area contributed by atoms with Gasteiger partial charge in [0.25, 0.3) is 5.91 Å². The summed E-state index contributed by atoms with van der Waals surface area (Å²) in [6.45, 7) is 0. The first-order valence-corrected chi connectivity index (χ1v) is 4.89. The Bertz CT molecular complexity index is 579. The normalized spacial score (nSPS) is 9.65. The summed E-state index contributed by atoms with van der Waals surface area (Å²) < 4.78 is 1.53. The molecule has 0 aliphatic heterocycles. The van der Waals surface area contributed by atoms with Crippen LogP contribution in [0.3, 0.4) is 0 Å². The van der Waals surface area contributed by atoms with E-state index in [-0.39, 0.29) is 5.91 Å². The summed E-state index contributed by atoms with van der Waals surface area (Å²) in [6, 6.07) is 6.85. The molecule has 0 radical (unpaired) electrons. The number of rotatable bonds is 2. The third kappa shape index (κ3) is 2.13. The average molecular weight is 227 g/mol. The minimum Gasteiger partial charge on any atom is -0.354 e. The lowest BCUT2D eigenvalue weighted by Gasteiger charge is -1.99. The van der Waals surface area contributed by atoms with E-state index in [1.807, 2.05) is 6.07 Å².